The van der Waals surface area contributed by atoms with Crippen molar-refractivity contribution in [2.24, 2.45) is 0 Å². The molecular weight excluding hydrogens is 308 g/mol. The third-order valence-corrected chi connectivity index (χ3v) is 4.26. The van der Waals surface area contributed by atoms with Gasteiger partial charge in [0.15, 0.2) is 11.5 Å². The Morgan fingerprint density at radius 3 is 2.00 bits per heavy atom. The molecule has 1 aliphatic rings. The maximum Gasteiger partial charge on any atom is 0.238 e. The fourth-order valence-electron chi connectivity index (χ4n) is 3.03. The van der Waals surface area contributed by atoms with Crippen LogP contribution >= 0.6 is 0 Å². The van der Waals surface area contributed by atoms with Crippen LogP contribution in [0.25, 0.3) is 0 Å². The monoisotopic (exact) mass is 336 g/mol. The standard InChI is InChI=1S/C18H28N2O4/c1-22-15-11-14(12-16(23-2)18(15)24-3)19-17(21)13-20-9-7-5-4-6-8-10-20/h11-12H,4-10,13H2,1-3H3,(H,19,21). The van der Waals surface area contributed by atoms with Gasteiger partial charge in [-0.05, 0) is 25.9 Å². The SMILES string of the molecule is COc1cc(NC(=O)CN2CCCCCCC2)cc(OC)c1OC. The van der Waals surface area contributed by atoms with Gasteiger partial charge in [0.25, 0.3) is 0 Å². The summed E-state index contributed by atoms with van der Waals surface area (Å²) in [6.07, 6.45) is 6.15. The molecule has 1 amide bonds. The van der Waals surface area contributed by atoms with Crippen molar-refractivity contribution in [2.75, 3.05) is 46.3 Å². The summed E-state index contributed by atoms with van der Waals surface area (Å²) in [5, 5.41) is 2.93. The van der Waals surface area contributed by atoms with E-state index in [1.807, 2.05) is 0 Å². The molecule has 24 heavy (non-hydrogen) atoms. The minimum Gasteiger partial charge on any atom is -0.493 e. The van der Waals surface area contributed by atoms with Crippen molar-refractivity contribution in [3.05, 3.63) is 12.1 Å². The first kappa shape index (κ1) is 18.4. The van der Waals surface area contributed by atoms with E-state index in [1.54, 1.807) is 33.5 Å². The molecule has 0 unspecified atom stereocenters. The first-order chi connectivity index (χ1) is 11.7. The van der Waals surface area contributed by atoms with Gasteiger partial charge in [0.1, 0.15) is 0 Å². The smallest absolute Gasteiger partial charge is 0.238 e. The molecule has 1 saturated heterocycles. The second-order valence-electron chi connectivity index (χ2n) is 6.01. The van der Waals surface area contributed by atoms with Crippen LogP contribution < -0.4 is 19.5 Å². The molecule has 134 valence electrons. The summed E-state index contributed by atoms with van der Waals surface area (Å²) < 4.78 is 15.9. The molecule has 0 aromatic heterocycles. The minimum absolute atomic E-state index is 0.0233. The van der Waals surface area contributed by atoms with E-state index in [-0.39, 0.29) is 5.91 Å². The zero-order valence-electron chi connectivity index (χ0n) is 14.9. The number of hydrogen-bond donors (Lipinski definition) is 1. The number of likely N-dealkylation sites (tertiary alicyclic amines) is 1. The van der Waals surface area contributed by atoms with Crippen LogP contribution in [-0.2, 0) is 4.79 Å². The van der Waals surface area contributed by atoms with Crippen LogP contribution in [-0.4, -0.2) is 51.8 Å². The normalized spacial score (nSPS) is 16.0. The molecule has 1 heterocycles. The third-order valence-electron chi connectivity index (χ3n) is 4.26. The molecule has 2 rings (SSSR count). The van der Waals surface area contributed by atoms with Crippen molar-refractivity contribution in [1.29, 1.82) is 0 Å². The number of carbonyl (C=O) groups excluding carboxylic acids is 1. The first-order valence-corrected chi connectivity index (χ1v) is 8.50. The Bertz CT molecular complexity index is 515. The van der Waals surface area contributed by atoms with Crippen molar-refractivity contribution < 1.29 is 19.0 Å². The van der Waals surface area contributed by atoms with Crippen molar-refractivity contribution in [2.45, 2.75) is 32.1 Å². The average Bonchev–Trinajstić information content (AvgIpc) is 2.56. The zero-order chi connectivity index (χ0) is 17.4. The number of ether oxygens (including phenoxy) is 3. The number of hydrogen-bond acceptors (Lipinski definition) is 5. The summed E-state index contributed by atoms with van der Waals surface area (Å²) >= 11 is 0. The van der Waals surface area contributed by atoms with Gasteiger partial charge >= 0.3 is 0 Å². The topological polar surface area (TPSA) is 60.0 Å². The van der Waals surface area contributed by atoms with Crippen LogP contribution in [0.15, 0.2) is 12.1 Å². The number of benzene rings is 1. The highest BCUT2D eigenvalue weighted by atomic mass is 16.5. The van der Waals surface area contributed by atoms with E-state index in [0.717, 1.165) is 25.9 Å². The molecule has 1 N–H and O–H groups in total. The fraction of sp³-hybridized carbons (Fsp3) is 0.611. The van der Waals surface area contributed by atoms with E-state index in [2.05, 4.69) is 10.2 Å². The van der Waals surface area contributed by atoms with Gasteiger partial charge in [-0.2, -0.15) is 0 Å². The van der Waals surface area contributed by atoms with Crippen LogP contribution in [0.5, 0.6) is 17.2 Å². The van der Waals surface area contributed by atoms with E-state index >= 15 is 0 Å². The quantitative estimate of drug-likeness (QED) is 0.865. The first-order valence-electron chi connectivity index (χ1n) is 8.50. The second kappa shape index (κ2) is 9.37. The summed E-state index contributed by atoms with van der Waals surface area (Å²) in [6.45, 7) is 2.39. The molecule has 1 aromatic carbocycles. The van der Waals surface area contributed by atoms with Gasteiger partial charge in [-0.25, -0.2) is 0 Å². The molecule has 6 heteroatoms. The van der Waals surface area contributed by atoms with Gasteiger partial charge in [0.2, 0.25) is 11.7 Å². The Hall–Kier alpha value is -1.95. The lowest BCUT2D eigenvalue weighted by Crippen LogP contribution is -2.35. The summed E-state index contributed by atoms with van der Waals surface area (Å²) in [5.74, 6) is 1.54. The van der Waals surface area contributed by atoms with Crippen molar-refractivity contribution in [1.82, 2.24) is 4.90 Å². The predicted molar refractivity (Wildman–Crippen MR) is 94.3 cm³/mol. The van der Waals surface area contributed by atoms with Crippen molar-refractivity contribution >= 4 is 11.6 Å². The lowest BCUT2D eigenvalue weighted by atomic mass is 10.1. The Morgan fingerprint density at radius 2 is 1.50 bits per heavy atom. The van der Waals surface area contributed by atoms with Gasteiger partial charge < -0.3 is 19.5 Å². The van der Waals surface area contributed by atoms with Crippen LogP contribution in [0.1, 0.15) is 32.1 Å². The summed E-state index contributed by atoms with van der Waals surface area (Å²) in [6, 6.07) is 3.49. The van der Waals surface area contributed by atoms with E-state index < -0.39 is 0 Å². The number of anilines is 1. The molecule has 1 aromatic rings. The van der Waals surface area contributed by atoms with Crippen LogP contribution in [0.4, 0.5) is 5.69 Å². The molecule has 0 saturated carbocycles. The van der Waals surface area contributed by atoms with Crippen molar-refractivity contribution in [3.63, 3.8) is 0 Å². The average molecular weight is 336 g/mol. The lowest BCUT2D eigenvalue weighted by molar-refractivity contribution is -0.117. The van der Waals surface area contributed by atoms with Gasteiger partial charge in [-0.1, -0.05) is 19.3 Å². The van der Waals surface area contributed by atoms with E-state index in [1.165, 1.54) is 19.3 Å². The third kappa shape index (κ3) is 5.03. The van der Waals surface area contributed by atoms with Crippen LogP contribution in [0.2, 0.25) is 0 Å². The Labute approximate surface area is 144 Å². The Morgan fingerprint density at radius 1 is 0.958 bits per heavy atom. The highest BCUT2D eigenvalue weighted by molar-refractivity contribution is 5.93. The Balaban J connectivity index is 2.02. The number of amides is 1. The molecular formula is C18H28N2O4. The minimum atomic E-state index is -0.0233. The molecule has 0 atom stereocenters. The van der Waals surface area contributed by atoms with E-state index in [0.29, 0.717) is 29.5 Å². The van der Waals surface area contributed by atoms with Gasteiger partial charge in [0.05, 0.1) is 27.9 Å². The number of rotatable bonds is 6. The fourth-order valence-corrected chi connectivity index (χ4v) is 3.03. The number of carbonyl (C=O) groups is 1. The molecule has 1 aliphatic heterocycles. The van der Waals surface area contributed by atoms with Gasteiger partial charge in [-0.3, -0.25) is 9.69 Å². The maximum atomic E-state index is 12.4. The van der Waals surface area contributed by atoms with Crippen molar-refractivity contribution in [3.8, 4) is 17.2 Å². The second-order valence-corrected chi connectivity index (χ2v) is 6.01. The highest BCUT2D eigenvalue weighted by Crippen LogP contribution is 2.39. The van der Waals surface area contributed by atoms with Gasteiger partial charge in [0, 0.05) is 17.8 Å². The van der Waals surface area contributed by atoms with E-state index in [4.69, 9.17) is 14.2 Å². The molecule has 1 fully saturated rings. The largest absolute Gasteiger partial charge is 0.493 e. The molecule has 0 aliphatic carbocycles. The predicted octanol–water partition coefficient (Wildman–Crippen LogP) is 2.92. The molecule has 0 bridgehead atoms. The zero-order valence-corrected chi connectivity index (χ0v) is 14.9. The number of nitrogens with one attached hydrogen (secondary N) is 1. The molecule has 0 radical (unpaired) electrons. The molecule has 0 spiro atoms. The number of methoxy groups -OCH3 is 3. The molecule has 6 nitrogen and oxygen atoms in total. The Kier molecular flexibility index (Phi) is 7.18. The van der Waals surface area contributed by atoms with E-state index in [9.17, 15) is 4.79 Å². The summed E-state index contributed by atoms with van der Waals surface area (Å²) in [7, 11) is 4.67. The van der Waals surface area contributed by atoms with Gasteiger partial charge in [-0.15, -0.1) is 0 Å². The highest BCUT2D eigenvalue weighted by Gasteiger charge is 2.16. The number of nitrogens with zero attached hydrogens (tertiary/aromatic N) is 1. The van der Waals surface area contributed by atoms with Crippen LogP contribution in [0.3, 0.4) is 0 Å². The maximum absolute atomic E-state index is 12.4. The summed E-state index contributed by atoms with van der Waals surface area (Å²) in [5.41, 5.74) is 0.640. The lowest BCUT2D eigenvalue weighted by Gasteiger charge is -2.24. The van der Waals surface area contributed by atoms with Crippen LogP contribution in [0, 0.1) is 0 Å². The summed E-state index contributed by atoms with van der Waals surface area (Å²) in [4.78, 5) is 14.6.